The van der Waals surface area contributed by atoms with E-state index in [2.05, 4.69) is 19.9 Å². The van der Waals surface area contributed by atoms with Gasteiger partial charge in [-0.25, -0.2) is 15.0 Å². The number of nitro groups is 1. The van der Waals surface area contributed by atoms with Crippen molar-refractivity contribution in [3.8, 4) is 17.1 Å². The van der Waals surface area contributed by atoms with Gasteiger partial charge in [0.05, 0.1) is 4.92 Å². The summed E-state index contributed by atoms with van der Waals surface area (Å²) in [6.07, 6.45) is 1.82. The van der Waals surface area contributed by atoms with Crippen molar-refractivity contribution in [2.45, 2.75) is 5.16 Å². The van der Waals surface area contributed by atoms with Crippen LogP contribution in [-0.4, -0.2) is 36.2 Å². The van der Waals surface area contributed by atoms with Crippen molar-refractivity contribution in [2.75, 3.05) is 12.0 Å². The Morgan fingerprint density at radius 2 is 2.14 bits per heavy atom. The lowest BCUT2D eigenvalue weighted by Crippen LogP contribution is -1.95. The number of hydrogen-bond acceptors (Lipinski definition) is 8. The third-order valence-electron chi connectivity index (χ3n) is 2.99. The maximum absolute atomic E-state index is 10.7. The molecule has 112 valence electrons. The summed E-state index contributed by atoms with van der Waals surface area (Å²) >= 11 is 1.34. The number of aromatic hydroxyl groups is 1. The van der Waals surface area contributed by atoms with Crippen LogP contribution in [0.15, 0.2) is 23.4 Å². The van der Waals surface area contributed by atoms with Gasteiger partial charge >= 0.3 is 5.69 Å². The minimum atomic E-state index is -0.661. The van der Waals surface area contributed by atoms with E-state index < -0.39 is 10.7 Å². The number of nitrogen functional groups attached to an aromatic ring is 1. The van der Waals surface area contributed by atoms with Gasteiger partial charge in [-0.15, -0.1) is 0 Å². The molecule has 2 heterocycles. The molecule has 0 unspecified atom stereocenters. The SMILES string of the molecule is CSc1nc(N)c2[nH]c(-c3ccc([N+](=O)[O-])c(O)c3)nc2n1. The van der Waals surface area contributed by atoms with E-state index in [1.165, 1.54) is 30.0 Å². The van der Waals surface area contributed by atoms with Crippen molar-refractivity contribution in [3.05, 3.63) is 28.3 Å². The highest BCUT2D eigenvalue weighted by molar-refractivity contribution is 7.98. The number of hydrogen-bond donors (Lipinski definition) is 3. The van der Waals surface area contributed by atoms with Crippen molar-refractivity contribution in [3.63, 3.8) is 0 Å². The number of H-pyrrole nitrogens is 1. The van der Waals surface area contributed by atoms with Crippen molar-refractivity contribution in [1.29, 1.82) is 0 Å². The highest BCUT2D eigenvalue weighted by Crippen LogP contribution is 2.31. The fourth-order valence-corrected chi connectivity index (χ4v) is 2.32. The van der Waals surface area contributed by atoms with Crippen LogP contribution in [-0.2, 0) is 0 Å². The predicted octanol–water partition coefficient (Wildman–Crippen LogP) is 1.94. The summed E-state index contributed by atoms with van der Waals surface area (Å²) in [4.78, 5) is 25.6. The van der Waals surface area contributed by atoms with Crippen molar-refractivity contribution in [1.82, 2.24) is 19.9 Å². The molecule has 3 aromatic rings. The minimum Gasteiger partial charge on any atom is -0.502 e. The molecule has 0 aliphatic heterocycles. The molecule has 0 spiro atoms. The molecule has 0 amide bonds. The number of thioether (sulfide) groups is 1. The lowest BCUT2D eigenvalue weighted by molar-refractivity contribution is -0.385. The Balaban J connectivity index is 2.12. The van der Waals surface area contributed by atoms with Crippen LogP contribution < -0.4 is 5.73 Å². The van der Waals surface area contributed by atoms with Crippen molar-refractivity contribution >= 4 is 34.4 Å². The van der Waals surface area contributed by atoms with E-state index >= 15 is 0 Å². The van der Waals surface area contributed by atoms with Gasteiger partial charge < -0.3 is 15.8 Å². The van der Waals surface area contributed by atoms with Crippen LogP contribution in [0, 0.1) is 10.1 Å². The van der Waals surface area contributed by atoms with E-state index in [0.29, 0.717) is 27.7 Å². The van der Waals surface area contributed by atoms with Gasteiger partial charge in [0.2, 0.25) is 0 Å². The number of aromatic amines is 1. The number of benzene rings is 1. The molecular formula is C12H10N6O3S. The Labute approximate surface area is 127 Å². The second kappa shape index (κ2) is 5.15. The van der Waals surface area contributed by atoms with E-state index in [0.717, 1.165) is 0 Å². The van der Waals surface area contributed by atoms with E-state index in [9.17, 15) is 15.2 Å². The first-order chi connectivity index (χ1) is 10.5. The molecule has 0 bridgehead atoms. The second-order valence-electron chi connectivity index (χ2n) is 4.34. The average Bonchev–Trinajstić information content (AvgIpc) is 2.91. The quantitative estimate of drug-likeness (QED) is 0.287. The maximum Gasteiger partial charge on any atom is 0.310 e. The van der Waals surface area contributed by atoms with Gasteiger partial charge in [0.25, 0.3) is 0 Å². The van der Waals surface area contributed by atoms with Crippen LogP contribution >= 0.6 is 11.8 Å². The molecule has 0 saturated heterocycles. The zero-order valence-corrected chi connectivity index (χ0v) is 12.1. The second-order valence-corrected chi connectivity index (χ2v) is 5.11. The molecule has 2 aromatic heterocycles. The van der Waals surface area contributed by atoms with Crippen LogP contribution in [0.1, 0.15) is 0 Å². The number of nitro benzene ring substituents is 1. The molecule has 0 radical (unpaired) electrons. The highest BCUT2D eigenvalue weighted by Gasteiger charge is 2.16. The number of phenolic OH excluding ortho intramolecular Hbond substituents is 1. The molecular weight excluding hydrogens is 308 g/mol. The summed E-state index contributed by atoms with van der Waals surface area (Å²) in [5.41, 5.74) is 6.82. The number of nitrogens with one attached hydrogen (secondary N) is 1. The molecule has 0 fully saturated rings. The van der Waals surface area contributed by atoms with E-state index in [-0.39, 0.29) is 11.5 Å². The smallest absolute Gasteiger partial charge is 0.310 e. The summed E-state index contributed by atoms with van der Waals surface area (Å²) in [6.45, 7) is 0. The first-order valence-corrected chi connectivity index (χ1v) is 7.27. The zero-order chi connectivity index (χ0) is 15.9. The monoisotopic (exact) mass is 318 g/mol. The number of phenols is 1. The minimum absolute atomic E-state index is 0.263. The summed E-state index contributed by atoms with van der Waals surface area (Å²) in [6, 6.07) is 3.95. The number of nitrogens with zero attached hydrogens (tertiary/aromatic N) is 4. The Kier molecular flexibility index (Phi) is 3.29. The third kappa shape index (κ3) is 2.29. The molecule has 1 aromatic carbocycles. The van der Waals surface area contributed by atoms with Gasteiger partial charge in [0, 0.05) is 11.6 Å². The zero-order valence-electron chi connectivity index (χ0n) is 11.3. The molecule has 0 aliphatic carbocycles. The van der Waals surface area contributed by atoms with Gasteiger partial charge in [-0.2, -0.15) is 0 Å². The summed E-state index contributed by atoms with van der Waals surface area (Å²) in [5.74, 6) is 0.213. The number of nitrogens with two attached hydrogens (primary N) is 1. The number of fused-ring (bicyclic) bond motifs is 1. The highest BCUT2D eigenvalue weighted by atomic mass is 32.2. The van der Waals surface area contributed by atoms with E-state index in [4.69, 9.17) is 5.73 Å². The summed E-state index contributed by atoms with van der Waals surface area (Å²) in [7, 11) is 0. The average molecular weight is 318 g/mol. The molecule has 4 N–H and O–H groups in total. The van der Waals surface area contributed by atoms with E-state index in [1.54, 1.807) is 0 Å². The number of imidazole rings is 1. The number of aromatic nitrogens is 4. The number of rotatable bonds is 3. The van der Waals surface area contributed by atoms with Gasteiger partial charge in [-0.1, -0.05) is 11.8 Å². The molecule has 22 heavy (non-hydrogen) atoms. The fourth-order valence-electron chi connectivity index (χ4n) is 1.95. The normalized spacial score (nSPS) is 11.0. The first-order valence-electron chi connectivity index (χ1n) is 6.04. The van der Waals surface area contributed by atoms with Gasteiger partial charge in [-0.3, -0.25) is 10.1 Å². The van der Waals surface area contributed by atoms with Crippen LogP contribution in [0.5, 0.6) is 5.75 Å². The summed E-state index contributed by atoms with van der Waals surface area (Å²) in [5, 5.41) is 20.9. The molecule has 0 atom stereocenters. The molecule has 10 heteroatoms. The van der Waals surface area contributed by atoms with E-state index in [1.807, 2.05) is 6.26 Å². The lowest BCUT2D eigenvalue weighted by atomic mass is 10.2. The fraction of sp³-hybridized carbons (Fsp3) is 0.0833. The number of anilines is 1. The van der Waals surface area contributed by atoms with Crippen LogP contribution in [0.2, 0.25) is 0 Å². The lowest BCUT2D eigenvalue weighted by Gasteiger charge is -1.99. The predicted molar refractivity (Wildman–Crippen MR) is 81.6 cm³/mol. The maximum atomic E-state index is 10.7. The molecule has 0 saturated carbocycles. The van der Waals surface area contributed by atoms with Crippen LogP contribution in [0.3, 0.4) is 0 Å². The van der Waals surface area contributed by atoms with Gasteiger partial charge in [-0.05, 0) is 18.4 Å². The standard InChI is InChI=1S/C12H10N6O3S/c1-22-12-15-9(13)8-11(17-12)16-10(14-8)5-2-3-6(18(20)21)7(19)4-5/h2-4,19H,1H3,(H3,13,14,15,16,17). The Bertz CT molecular complexity index is 894. The van der Waals surface area contributed by atoms with Crippen molar-refractivity contribution in [2.24, 2.45) is 0 Å². The van der Waals surface area contributed by atoms with Crippen LogP contribution in [0.25, 0.3) is 22.6 Å². The van der Waals surface area contributed by atoms with Gasteiger partial charge in [0.15, 0.2) is 22.4 Å². The Morgan fingerprint density at radius 3 is 2.77 bits per heavy atom. The Morgan fingerprint density at radius 1 is 1.36 bits per heavy atom. The molecule has 3 rings (SSSR count). The molecule has 9 nitrogen and oxygen atoms in total. The summed E-state index contributed by atoms with van der Waals surface area (Å²) < 4.78 is 0. The molecule has 0 aliphatic rings. The topological polar surface area (TPSA) is 144 Å². The van der Waals surface area contributed by atoms with Crippen molar-refractivity contribution < 1.29 is 10.0 Å². The largest absolute Gasteiger partial charge is 0.502 e. The Hall–Kier alpha value is -2.88. The first kappa shape index (κ1) is 14.1. The third-order valence-corrected chi connectivity index (χ3v) is 3.53. The van der Waals surface area contributed by atoms with Gasteiger partial charge in [0.1, 0.15) is 11.3 Å². The van der Waals surface area contributed by atoms with Crippen LogP contribution in [0.4, 0.5) is 11.5 Å².